The maximum absolute atomic E-state index is 11.4. The molecule has 0 saturated carbocycles. The molecular formula is C11H23N3O3. The molecule has 0 aliphatic carbocycles. The maximum Gasteiger partial charge on any atom is 0.222 e. The Kier molecular flexibility index (Phi) is 7.29. The Hall–Kier alpha value is -1.30. The molecule has 0 aliphatic heterocycles. The van der Waals surface area contributed by atoms with Crippen LogP contribution in [-0.4, -0.2) is 36.7 Å². The van der Waals surface area contributed by atoms with E-state index in [0.29, 0.717) is 26.2 Å². The minimum atomic E-state index is -0.561. The average molecular weight is 245 g/mol. The lowest BCUT2D eigenvalue weighted by atomic mass is 9.92. The fraction of sp³-hybridized carbons (Fsp3) is 0.818. The lowest BCUT2D eigenvalue weighted by molar-refractivity contribution is -0.122. The van der Waals surface area contributed by atoms with E-state index in [4.69, 9.17) is 15.7 Å². The molecule has 0 fully saturated rings. The van der Waals surface area contributed by atoms with Crippen molar-refractivity contribution >= 4 is 11.7 Å². The molecular weight excluding hydrogens is 222 g/mol. The molecule has 0 aliphatic rings. The van der Waals surface area contributed by atoms with Crippen molar-refractivity contribution < 1.29 is 14.7 Å². The number of nitrogens with two attached hydrogens (primary N) is 1. The lowest BCUT2D eigenvalue weighted by Gasteiger charge is -2.23. The number of hydrogen-bond acceptors (Lipinski definition) is 4. The average Bonchev–Trinajstić information content (AvgIpc) is 2.31. The third kappa shape index (κ3) is 6.78. The highest BCUT2D eigenvalue weighted by atomic mass is 16.5. The molecule has 100 valence electrons. The summed E-state index contributed by atoms with van der Waals surface area (Å²) in [7, 11) is 0. The van der Waals surface area contributed by atoms with Crippen LogP contribution in [0.4, 0.5) is 0 Å². The zero-order chi connectivity index (χ0) is 13.3. The van der Waals surface area contributed by atoms with E-state index in [9.17, 15) is 4.79 Å². The van der Waals surface area contributed by atoms with Crippen molar-refractivity contribution in [3.05, 3.63) is 0 Å². The van der Waals surface area contributed by atoms with Crippen LogP contribution in [0.5, 0.6) is 0 Å². The minimum Gasteiger partial charge on any atom is -0.409 e. The number of rotatable bonds is 8. The number of nitrogens with one attached hydrogen (secondary N) is 1. The maximum atomic E-state index is 11.4. The highest BCUT2D eigenvalue weighted by Gasteiger charge is 2.24. The van der Waals surface area contributed by atoms with Crippen LogP contribution in [0.25, 0.3) is 0 Å². The zero-order valence-electron chi connectivity index (χ0n) is 10.8. The van der Waals surface area contributed by atoms with Crippen molar-refractivity contribution in [3.63, 3.8) is 0 Å². The van der Waals surface area contributed by atoms with Gasteiger partial charge in [0.05, 0.1) is 6.61 Å². The number of amides is 1. The van der Waals surface area contributed by atoms with Crippen LogP contribution in [-0.2, 0) is 9.53 Å². The van der Waals surface area contributed by atoms with Crippen LogP contribution in [0.15, 0.2) is 5.16 Å². The SMILES string of the molecule is CCCOCCC(=O)NCC(C)(C)C(N)=NO. The predicted octanol–water partition coefficient (Wildman–Crippen LogP) is 0.692. The van der Waals surface area contributed by atoms with Gasteiger partial charge in [-0.1, -0.05) is 25.9 Å². The van der Waals surface area contributed by atoms with E-state index in [-0.39, 0.29) is 11.7 Å². The van der Waals surface area contributed by atoms with E-state index >= 15 is 0 Å². The summed E-state index contributed by atoms with van der Waals surface area (Å²) in [6, 6.07) is 0. The van der Waals surface area contributed by atoms with Gasteiger partial charge < -0.3 is 21.0 Å². The third-order valence-electron chi connectivity index (χ3n) is 2.35. The van der Waals surface area contributed by atoms with Crippen molar-refractivity contribution in [2.45, 2.75) is 33.6 Å². The van der Waals surface area contributed by atoms with Crippen LogP contribution in [0.1, 0.15) is 33.6 Å². The van der Waals surface area contributed by atoms with E-state index in [1.54, 1.807) is 13.8 Å². The molecule has 0 aromatic heterocycles. The number of nitrogens with zero attached hydrogens (tertiary/aromatic N) is 1. The van der Waals surface area contributed by atoms with E-state index in [1.165, 1.54) is 0 Å². The largest absolute Gasteiger partial charge is 0.409 e. The van der Waals surface area contributed by atoms with Gasteiger partial charge in [0.15, 0.2) is 0 Å². The fourth-order valence-corrected chi connectivity index (χ4v) is 1.05. The van der Waals surface area contributed by atoms with Crippen LogP contribution >= 0.6 is 0 Å². The summed E-state index contributed by atoms with van der Waals surface area (Å²) in [5.41, 5.74) is 4.94. The molecule has 0 bridgehead atoms. The van der Waals surface area contributed by atoms with Gasteiger partial charge >= 0.3 is 0 Å². The standard InChI is InChI=1S/C11H23N3O3/c1-4-6-17-7-5-9(15)13-8-11(2,3)10(12)14-16/h16H,4-8H2,1-3H3,(H2,12,14)(H,13,15). The molecule has 0 aromatic rings. The van der Waals surface area contributed by atoms with Gasteiger partial charge in [-0.25, -0.2) is 0 Å². The first-order valence-corrected chi connectivity index (χ1v) is 5.76. The third-order valence-corrected chi connectivity index (χ3v) is 2.35. The molecule has 0 atom stereocenters. The van der Waals surface area contributed by atoms with E-state index < -0.39 is 5.41 Å². The molecule has 0 spiro atoms. The molecule has 4 N–H and O–H groups in total. The van der Waals surface area contributed by atoms with Gasteiger partial charge in [-0.3, -0.25) is 4.79 Å². The zero-order valence-corrected chi connectivity index (χ0v) is 10.8. The van der Waals surface area contributed by atoms with Gasteiger partial charge in [-0.2, -0.15) is 0 Å². The normalized spacial score (nSPS) is 12.5. The first kappa shape index (κ1) is 15.7. The van der Waals surface area contributed by atoms with Crippen LogP contribution in [0, 0.1) is 5.41 Å². The van der Waals surface area contributed by atoms with Gasteiger partial charge in [0, 0.05) is 25.0 Å². The Morgan fingerprint density at radius 1 is 1.47 bits per heavy atom. The van der Waals surface area contributed by atoms with Crippen molar-refractivity contribution in [2.75, 3.05) is 19.8 Å². The van der Waals surface area contributed by atoms with Crippen molar-refractivity contribution in [1.29, 1.82) is 0 Å². The highest BCUT2D eigenvalue weighted by molar-refractivity contribution is 5.86. The molecule has 0 rings (SSSR count). The second kappa shape index (κ2) is 7.89. The molecule has 6 heteroatoms. The smallest absolute Gasteiger partial charge is 0.222 e. The van der Waals surface area contributed by atoms with Crippen LogP contribution in [0.2, 0.25) is 0 Å². The molecule has 6 nitrogen and oxygen atoms in total. The van der Waals surface area contributed by atoms with E-state index in [2.05, 4.69) is 10.5 Å². The second-order valence-electron chi connectivity index (χ2n) is 4.51. The molecule has 0 heterocycles. The summed E-state index contributed by atoms with van der Waals surface area (Å²) >= 11 is 0. The molecule has 0 radical (unpaired) electrons. The second-order valence-corrected chi connectivity index (χ2v) is 4.51. The van der Waals surface area contributed by atoms with Gasteiger partial charge in [-0.05, 0) is 6.42 Å². The summed E-state index contributed by atoms with van der Waals surface area (Å²) < 4.78 is 5.20. The Labute approximate surface area is 102 Å². The van der Waals surface area contributed by atoms with Crippen LogP contribution < -0.4 is 11.1 Å². The van der Waals surface area contributed by atoms with Gasteiger partial charge in [0.25, 0.3) is 0 Å². The summed E-state index contributed by atoms with van der Waals surface area (Å²) in [5.74, 6) is -0.0000455. The Morgan fingerprint density at radius 2 is 2.12 bits per heavy atom. The quantitative estimate of drug-likeness (QED) is 0.193. The minimum absolute atomic E-state index is 0.0973. The molecule has 0 unspecified atom stereocenters. The Bertz CT molecular complexity index is 265. The van der Waals surface area contributed by atoms with E-state index in [1.807, 2.05) is 6.92 Å². The fourth-order valence-electron chi connectivity index (χ4n) is 1.05. The first-order valence-electron chi connectivity index (χ1n) is 5.76. The van der Waals surface area contributed by atoms with Crippen molar-refractivity contribution in [3.8, 4) is 0 Å². The molecule has 0 saturated heterocycles. The van der Waals surface area contributed by atoms with Crippen LogP contribution in [0.3, 0.4) is 0 Å². The monoisotopic (exact) mass is 245 g/mol. The Balaban J connectivity index is 3.84. The number of ether oxygens (including phenoxy) is 1. The molecule has 17 heavy (non-hydrogen) atoms. The van der Waals surface area contributed by atoms with Crippen molar-refractivity contribution in [1.82, 2.24) is 5.32 Å². The van der Waals surface area contributed by atoms with Gasteiger partial charge in [0.1, 0.15) is 5.84 Å². The summed E-state index contributed by atoms with van der Waals surface area (Å²) in [6.45, 7) is 7.01. The topological polar surface area (TPSA) is 96.9 Å². The van der Waals surface area contributed by atoms with Gasteiger partial charge in [0.2, 0.25) is 5.91 Å². The summed E-state index contributed by atoms with van der Waals surface area (Å²) in [6.07, 6.45) is 1.27. The van der Waals surface area contributed by atoms with E-state index in [0.717, 1.165) is 6.42 Å². The number of carbonyl (C=O) groups is 1. The number of oxime groups is 1. The number of hydrogen-bond donors (Lipinski definition) is 3. The predicted molar refractivity (Wildman–Crippen MR) is 65.9 cm³/mol. The molecule has 1 amide bonds. The summed E-state index contributed by atoms with van der Waals surface area (Å²) in [4.78, 5) is 11.4. The number of carbonyl (C=O) groups excluding carboxylic acids is 1. The lowest BCUT2D eigenvalue weighted by Crippen LogP contribution is -2.42. The molecule has 0 aromatic carbocycles. The summed E-state index contributed by atoms with van der Waals surface area (Å²) in [5, 5.41) is 14.2. The number of amidine groups is 1. The Morgan fingerprint density at radius 3 is 2.65 bits per heavy atom. The highest BCUT2D eigenvalue weighted by Crippen LogP contribution is 2.13. The van der Waals surface area contributed by atoms with Gasteiger partial charge in [-0.15, -0.1) is 0 Å². The first-order chi connectivity index (χ1) is 7.94. The van der Waals surface area contributed by atoms with Crippen molar-refractivity contribution in [2.24, 2.45) is 16.3 Å².